The Kier molecular flexibility index (Phi) is 2.73. The van der Waals surface area contributed by atoms with E-state index in [1.165, 1.54) is 0 Å². The van der Waals surface area contributed by atoms with Crippen LogP contribution in [0.15, 0.2) is 30.6 Å². The first-order chi connectivity index (χ1) is 7.16. The molecule has 2 heterocycles. The summed E-state index contributed by atoms with van der Waals surface area (Å²) in [6.45, 7) is 4.23. The Morgan fingerprint density at radius 1 is 1.27 bits per heavy atom. The fourth-order valence-electron chi connectivity index (χ4n) is 1.28. The molecule has 0 spiro atoms. The fourth-order valence-corrected chi connectivity index (χ4v) is 1.39. The Morgan fingerprint density at radius 2 is 2.07 bits per heavy atom. The van der Waals surface area contributed by atoms with Crippen LogP contribution in [0.4, 0.5) is 0 Å². The van der Waals surface area contributed by atoms with Gasteiger partial charge in [-0.25, -0.2) is 9.67 Å². The van der Waals surface area contributed by atoms with Crippen LogP contribution in [0.3, 0.4) is 0 Å². The number of hydrogen-bond donors (Lipinski definition) is 0. The van der Waals surface area contributed by atoms with Crippen molar-refractivity contribution in [2.75, 3.05) is 0 Å². The van der Waals surface area contributed by atoms with Crippen molar-refractivity contribution >= 4 is 11.6 Å². The number of pyridine rings is 1. The number of halogens is 1. The molecule has 0 saturated carbocycles. The molecule has 2 aromatic heterocycles. The van der Waals surface area contributed by atoms with E-state index in [-0.39, 0.29) is 0 Å². The quantitative estimate of drug-likeness (QED) is 0.781. The van der Waals surface area contributed by atoms with Gasteiger partial charge in [-0.15, -0.1) is 0 Å². The van der Waals surface area contributed by atoms with Crippen molar-refractivity contribution in [2.24, 2.45) is 0 Å². The van der Waals surface area contributed by atoms with Crippen molar-refractivity contribution in [1.82, 2.24) is 14.8 Å². The molecular weight excluding hydrogens is 210 g/mol. The number of aromatic nitrogens is 3. The van der Waals surface area contributed by atoms with Crippen molar-refractivity contribution in [3.63, 3.8) is 0 Å². The van der Waals surface area contributed by atoms with Crippen molar-refractivity contribution < 1.29 is 0 Å². The van der Waals surface area contributed by atoms with E-state index < -0.39 is 0 Å². The van der Waals surface area contributed by atoms with Gasteiger partial charge in [-0.3, -0.25) is 0 Å². The van der Waals surface area contributed by atoms with Gasteiger partial charge in [0.15, 0.2) is 5.82 Å². The molecular formula is C11H12ClN3. The zero-order chi connectivity index (χ0) is 10.8. The molecule has 0 unspecified atom stereocenters. The SMILES string of the molecule is CC(C)c1ccn(-c2ccc(Cl)cn2)n1. The lowest BCUT2D eigenvalue weighted by atomic mass is 10.1. The maximum Gasteiger partial charge on any atom is 0.153 e. The molecule has 0 bridgehead atoms. The summed E-state index contributed by atoms with van der Waals surface area (Å²) in [6.07, 6.45) is 3.53. The third-order valence-corrected chi connectivity index (χ3v) is 2.37. The minimum absolute atomic E-state index is 0.429. The second-order valence-electron chi connectivity index (χ2n) is 3.67. The van der Waals surface area contributed by atoms with Crippen molar-refractivity contribution in [1.29, 1.82) is 0 Å². The topological polar surface area (TPSA) is 30.7 Å². The number of rotatable bonds is 2. The first-order valence-electron chi connectivity index (χ1n) is 4.84. The predicted octanol–water partition coefficient (Wildman–Crippen LogP) is 3.04. The Balaban J connectivity index is 2.33. The maximum absolute atomic E-state index is 5.76. The van der Waals surface area contributed by atoms with E-state index in [1.807, 2.05) is 18.3 Å². The van der Waals surface area contributed by atoms with Gasteiger partial charge in [0, 0.05) is 12.4 Å². The lowest BCUT2D eigenvalue weighted by molar-refractivity contribution is 0.758. The molecule has 0 aliphatic carbocycles. The smallest absolute Gasteiger partial charge is 0.153 e. The van der Waals surface area contributed by atoms with Crippen LogP contribution in [0.25, 0.3) is 5.82 Å². The van der Waals surface area contributed by atoms with Gasteiger partial charge in [0.05, 0.1) is 10.7 Å². The monoisotopic (exact) mass is 221 g/mol. The minimum Gasteiger partial charge on any atom is -0.236 e. The van der Waals surface area contributed by atoms with Gasteiger partial charge in [0.1, 0.15) is 0 Å². The van der Waals surface area contributed by atoms with Crippen LogP contribution >= 0.6 is 11.6 Å². The average Bonchev–Trinajstić information content (AvgIpc) is 2.68. The molecule has 0 radical (unpaired) electrons. The Hall–Kier alpha value is -1.35. The van der Waals surface area contributed by atoms with Crippen molar-refractivity contribution in [3.8, 4) is 5.82 Å². The van der Waals surface area contributed by atoms with Gasteiger partial charge >= 0.3 is 0 Å². The second kappa shape index (κ2) is 4.03. The van der Waals surface area contributed by atoms with E-state index >= 15 is 0 Å². The maximum atomic E-state index is 5.76. The Labute approximate surface area is 93.7 Å². The molecule has 0 saturated heterocycles. The summed E-state index contributed by atoms with van der Waals surface area (Å²) < 4.78 is 1.76. The van der Waals surface area contributed by atoms with Crippen LogP contribution in [0.5, 0.6) is 0 Å². The largest absolute Gasteiger partial charge is 0.236 e. The first-order valence-corrected chi connectivity index (χ1v) is 5.22. The highest BCUT2D eigenvalue weighted by molar-refractivity contribution is 6.30. The van der Waals surface area contributed by atoms with Gasteiger partial charge in [-0.05, 0) is 24.1 Å². The van der Waals surface area contributed by atoms with E-state index in [0.29, 0.717) is 10.9 Å². The fraction of sp³-hybridized carbons (Fsp3) is 0.273. The summed E-state index contributed by atoms with van der Waals surface area (Å²) in [5, 5.41) is 5.05. The molecule has 0 aromatic carbocycles. The van der Waals surface area contributed by atoms with Crippen molar-refractivity contribution in [2.45, 2.75) is 19.8 Å². The molecule has 0 aliphatic heterocycles. The minimum atomic E-state index is 0.429. The Bertz CT molecular complexity index is 445. The van der Waals surface area contributed by atoms with Gasteiger partial charge in [0.2, 0.25) is 0 Å². The molecule has 0 fully saturated rings. The zero-order valence-corrected chi connectivity index (χ0v) is 9.44. The summed E-state index contributed by atoms with van der Waals surface area (Å²) in [4.78, 5) is 4.19. The summed E-state index contributed by atoms with van der Waals surface area (Å²) in [5.74, 6) is 1.21. The van der Waals surface area contributed by atoms with Crippen LogP contribution in [-0.4, -0.2) is 14.8 Å². The zero-order valence-electron chi connectivity index (χ0n) is 8.68. The van der Waals surface area contributed by atoms with Crippen LogP contribution in [0.1, 0.15) is 25.5 Å². The average molecular weight is 222 g/mol. The third-order valence-electron chi connectivity index (χ3n) is 2.15. The molecule has 78 valence electrons. The molecule has 0 N–H and O–H groups in total. The molecule has 2 aromatic rings. The normalized spacial score (nSPS) is 10.9. The third kappa shape index (κ3) is 2.18. The predicted molar refractivity (Wildman–Crippen MR) is 60.5 cm³/mol. The standard InChI is InChI=1S/C11H12ClN3/c1-8(2)10-5-6-15(14-10)11-4-3-9(12)7-13-11/h3-8H,1-2H3. The second-order valence-corrected chi connectivity index (χ2v) is 4.11. The Morgan fingerprint density at radius 3 is 2.60 bits per heavy atom. The molecule has 3 nitrogen and oxygen atoms in total. The highest BCUT2D eigenvalue weighted by Gasteiger charge is 2.04. The van der Waals surface area contributed by atoms with E-state index in [4.69, 9.17) is 11.6 Å². The van der Waals surface area contributed by atoms with Crippen molar-refractivity contribution in [3.05, 3.63) is 41.3 Å². The van der Waals surface area contributed by atoms with Gasteiger partial charge in [0.25, 0.3) is 0 Å². The van der Waals surface area contributed by atoms with Crippen LogP contribution in [0.2, 0.25) is 5.02 Å². The highest BCUT2D eigenvalue weighted by Crippen LogP contribution is 2.14. The van der Waals surface area contributed by atoms with Crippen LogP contribution in [0, 0.1) is 0 Å². The summed E-state index contributed by atoms with van der Waals surface area (Å²) in [6, 6.07) is 5.65. The molecule has 15 heavy (non-hydrogen) atoms. The summed E-state index contributed by atoms with van der Waals surface area (Å²) >= 11 is 5.76. The van der Waals surface area contributed by atoms with E-state index in [2.05, 4.69) is 23.9 Å². The molecule has 0 atom stereocenters. The highest BCUT2D eigenvalue weighted by atomic mass is 35.5. The van der Waals surface area contributed by atoms with Gasteiger partial charge in [-0.2, -0.15) is 5.10 Å². The van der Waals surface area contributed by atoms with E-state index in [0.717, 1.165) is 11.5 Å². The van der Waals surface area contributed by atoms with Gasteiger partial charge in [-0.1, -0.05) is 25.4 Å². The lowest BCUT2D eigenvalue weighted by Crippen LogP contribution is -1.99. The summed E-state index contributed by atoms with van der Waals surface area (Å²) in [7, 11) is 0. The summed E-state index contributed by atoms with van der Waals surface area (Å²) in [5.41, 5.74) is 1.06. The first kappa shape index (κ1) is 10.2. The molecule has 0 amide bonds. The molecule has 4 heteroatoms. The number of hydrogen-bond acceptors (Lipinski definition) is 2. The van der Waals surface area contributed by atoms with Crippen LogP contribution < -0.4 is 0 Å². The lowest BCUT2D eigenvalue weighted by Gasteiger charge is -2.01. The van der Waals surface area contributed by atoms with Gasteiger partial charge < -0.3 is 0 Å². The molecule has 2 rings (SSSR count). The molecule has 0 aliphatic rings. The van der Waals surface area contributed by atoms with Crippen LogP contribution in [-0.2, 0) is 0 Å². The number of nitrogens with zero attached hydrogens (tertiary/aromatic N) is 3. The van der Waals surface area contributed by atoms with E-state index in [9.17, 15) is 0 Å². The van der Waals surface area contributed by atoms with E-state index in [1.54, 1.807) is 16.9 Å².